The standard InChI is InChI=1S/C29H28F2N6O3/c30-21-6-5-20(18-3-7-23(22(31)13-18)37-19(14-38)4-8-24(37)39)26-25(21)28(33-15-32-26)36-11-9-16(10-12-36)27-34-29(40-35-27)17-1-2-17/h3,5-7,13,15-17,19,38H,1-2,4,8-12,14H2/t19-/m0/s1. The average Bonchev–Trinajstić information content (AvgIpc) is 3.59. The Morgan fingerprint density at radius 1 is 0.975 bits per heavy atom. The maximum Gasteiger partial charge on any atom is 0.229 e. The summed E-state index contributed by atoms with van der Waals surface area (Å²) in [7, 11) is 0. The summed E-state index contributed by atoms with van der Waals surface area (Å²) in [5.41, 5.74) is 1.58. The van der Waals surface area contributed by atoms with E-state index in [1.54, 1.807) is 12.1 Å². The van der Waals surface area contributed by atoms with E-state index in [0.717, 1.165) is 37.4 Å². The van der Waals surface area contributed by atoms with Crippen LogP contribution in [0.15, 0.2) is 41.2 Å². The number of aliphatic hydroxyl groups is 1. The highest BCUT2D eigenvalue weighted by atomic mass is 19.1. The molecule has 2 aliphatic heterocycles. The van der Waals surface area contributed by atoms with Crippen LogP contribution >= 0.6 is 0 Å². The van der Waals surface area contributed by atoms with Crippen molar-refractivity contribution in [3.63, 3.8) is 0 Å². The number of anilines is 2. The fourth-order valence-corrected chi connectivity index (χ4v) is 5.97. The molecule has 206 valence electrons. The van der Waals surface area contributed by atoms with Crippen molar-refractivity contribution in [2.75, 3.05) is 29.5 Å². The van der Waals surface area contributed by atoms with Crippen LogP contribution in [0.2, 0.25) is 0 Å². The second kappa shape index (κ2) is 9.88. The zero-order valence-electron chi connectivity index (χ0n) is 21.8. The normalized spacial score (nSPS) is 20.2. The minimum atomic E-state index is -0.591. The van der Waals surface area contributed by atoms with Gasteiger partial charge in [-0.1, -0.05) is 11.2 Å². The molecular formula is C29H28F2N6O3. The first kappa shape index (κ1) is 25.0. The molecule has 2 aromatic heterocycles. The van der Waals surface area contributed by atoms with E-state index >= 15 is 8.78 Å². The Kier molecular flexibility index (Phi) is 6.18. The minimum absolute atomic E-state index is 0.126. The molecule has 9 nitrogen and oxygen atoms in total. The van der Waals surface area contributed by atoms with Gasteiger partial charge in [0.2, 0.25) is 11.8 Å². The highest BCUT2D eigenvalue weighted by Crippen LogP contribution is 2.41. The summed E-state index contributed by atoms with van der Waals surface area (Å²) >= 11 is 0. The van der Waals surface area contributed by atoms with E-state index in [-0.39, 0.29) is 35.9 Å². The van der Waals surface area contributed by atoms with Crippen molar-refractivity contribution < 1.29 is 23.2 Å². The van der Waals surface area contributed by atoms with Crippen LogP contribution in [0, 0.1) is 11.6 Å². The van der Waals surface area contributed by atoms with Crippen molar-refractivity contribution in [2.24, 2.45) is 0 Å². The number of hydrogen-bond acceptors (Lipinski definition) is 8. The van der Waals surface area contributed by atoms with Crippen LogP contribution < -0.4 is 9.80 Å². The third-order valence-electron chi connectivity index (χ3n) is 8.32. The molecule has 0 spiro atoms. The van der Waals surface area contributed by atoms with Crippen LogP contribution in [0.25, 0.3) is 22.0 Å². The number of carbonyl (C=O) groups is 1. The molecule has 2 saturated heterocycles. The van der Waals surface area contributed by atoms with E-state index in [2.05, 4.69) is 20.1 Å². The summed E-state index contributed by atoms with van der Waals surface area (Å²) < 4.78 is 36.1. The third kappa shape index (κ3) is 4.28. The molecule has 0 bridgehead atoms. The average molecular weight is 547 g/mol. The first-order valence-electron chi connectivity index (χ1n) is 13.8. The highest BCUT2D eigenvalue weighted by Gasteiger charge is 2.34. The molecule has 2 aromatic carbocycles. The number of rotatable bonds is 6. The SMILES string of the molecule is O=C1CC[C@@H](CO)N1c1ccc(-c2ccc(F)c3c(N4CCC(c5noc(C6CC6)n5)CC4)ncnc23)cc1F. The fourth-order valence-electron chi connectivity index (χ4n) is 5.97. The molecule has 1 N–H and O–H groups in total. The van der Waals surface area contributed by atoms with E-state index in [1.807, 2.05) is 4.90 Å². The van der Waals surface area contributed by atoms with E-state index < -0.39 is 17.7 Å². The Hall–Kier alpha value is -3.99. The van der Waals surface area contributed by atoms with Gasteiger partial charge in [0, 0.05) is 36.9 Å². The van der Waals surface area contributed by atoms with Crippen molar-refractivity contribution in [1.29, 1.82) is 0 Å². The molecule has 11 heteroatoms. The molecule has 7 rings (SSSR count). The Balaban J connectivity index is 1.17. The van der Waals surface area contributed by atoms with Gasteiger partial charge in [0.1, 0.15) is 23.8 Å². The van der Waals surface area contributed by atoms with Crippen molar-refractivity contribution in [3.8, 4) is 11.1 Å². The summed E-state index contributed by atoms with van der Waals surface area (Å²) in [6, 6.07) is 7.05. The monoisotopic (exact) mass is 546 g/mol. The van der Waals surface area contributed by atoms with Crippen LogP contribution in [0.4, 0.5) is 20.3 Å². The first-order valence-corrected chi connectivity index (χ1v) is 13.8. The second-order valence-electron chi connectivity index (χ2n) is 10.8. The molecule has 1 aliphatic carbocycles. The van der Waals surface area contributed by atoms with Crippen LogP contribution in [-0.4, -0.2) is 56.9 Å². The Morgan fingerprint density at radius 2 is 1.80 bits per heavy atom. The van der Waals surface area contributed by atoms with Gasteiger partial charge in [-0.15, -0.1) is 0 Å². The summed E-state index contributed by atoms with van der Waals surface area (Å²) in [5.74, 6) is 1.31. The molecule has 3 fully saturated rings. The third-order valence-corrected chi connectivity index (χ3v) is 8.32. The minimum Gasteiger partial charge on any atom is -0.394 e. The molecule has 1 amide bonds. The Morgan fingerprint density at radius 3 is 2.55 bits per heavy atom. The molecule has 4 aromatic rings. The molecule has 1 saturated carbocycles. The summed E-state index contributed by atoms with van der Waals surface area (Å²) in [6.07, 6.45) is 5.93. The number of piperidine rings is 1. The van der Waals surface area contributed by atoms with Crippen molar-refractivity contribution in [3.05, 3.63) is 60.0 Å². The molecule has 40 heavy (non-hydrogen) atoms. The largest absolute Gasteiger partial charge is 0.394 e. The highest BCUT2D eigenvalue weighted by molar-refractivity contribution is 6.00. The van der Waals surface area contributed by atoms with Gasteiger partial charge in [0.25, 0.3) is 0 Å². The van der Waals surface area contributed by atoms with Crippen LogP contribution in [0.3, 0.4) is 0 Å². The summed E-state index contributed by atoms with van der Waals surface area (Å²) in [5, 5.41) is 14.1. The number of halogens is 2. The second-order valence-corrected chi connectivity index (χ2v) is 10.8. The van der Waals surface area contributed by atoms with Gasteiger partial charge in [-0.2, -0.15) is 4.98 Å². The van der Waals surface area contributed by atoms with Gasteiger partial charge >= 0.3 is 0 Å². The van der Waals surface area contributed by atoms with Crippen molar-refractivity contribution in [2.45, 2.75) is 56.4 Å². The molecule has 4 heterocycles. The number of hydrogen-bond donors (Lipinski definition) is 1. The van der Waals surface area contributed by atoms with Crippen molar-refractivity contribution in [1.82, 2.24) is 20.1 Å². The smallest absolute Gasteiger partial charge is 0.229 e. The van der Waals surface area contributed by atoms with Gasteiger partial charge < -0.3 is 19.4 Å². The maximum absolute atomic E-state index is 15.3. The van der Waals surface area contributed by atoms with Gasteiger partial charge in [-0.05, 0) is 61.9 Å². The Labute approximate surface area is 228 Å². The topological polar surface area (TPSA) is 108 Å². The Bertz CT molecular complexity index is 1600. The number of benzene rings is 2. The van der Waals surface area contributed by atoms with Crippen LogP contribution in [-0.2, 0) is 4.79 Å². The molecular weight excluding hydrogens is 518 g/mol. The first-order chi connectivity index (χ1) is 19.5. The lowest BCUT2D eigenvalue weighted by atomic mass is 9.95. The van der Waals surface area contributed by atoms with Gasteiger partial charge in [0.15, 0.2) is 5.82 Å². The molecule has 0 radical (unpaired) electrons. The van der Waals surface area contributed by atoms with Gasteiger partial charge in [-0.3, -0.25) is 4.79 Å². The number of amides is 1. The maximum atomic E-state index is 15.3. The zero-order chi connectivity index (χ0) is 27.4. The van der Waals surface area contributed by atoms with E-state index in [4.69, 9.17) is 4.52 Å². The van der Waals surface area contributed by atoms with E-state index in [1.165, 1.54) is 29.4 Å². The lowest BCUT2D eigenvalue weighted by Crippen LogP contribution is -2.35. The zero-order valence-corrected chi connectivity index (χ0v) is 21.8. The van der Waals surface area contributed by atoms with Crippen LogP contribution in [0.1, 0.15) is 62.1 Å². The number of fused-ring (bicyclic) bond motifs is 1. The lowest BCUT2D eigenvalue weighted by molar-refractivity contribution is -0.117. The lowest BCUT2D eigenvalue weighted by Gasteiger charge is -2.32. The predicted molar refractivity (Wildman–Crippen MR) is 143 cm³/mol. The quantitative estimate of drug-likeness (QED) is 0.371. The summed E-state index contributed by atoms with van der Waals surface area (Å²) in [6.45, 7) is 1.06. The van der Waals surface area contributed by atoms with E-state index in [9.17, 15) is 9.90 Å². The number of carbonyl (C=O) groups excluding carboxylic acids is 1. The number of aromatic nitrogens is 4. The van der Waals surface area contributed by atoms with Gasteiger partial charge in [0.05, 0.1) is 29.2 Å². The van der Waals surface area contributed by atoms with Crippen LogP contribution in [0.5, 0.6) is 0 Å². The van der Waals surface area contributed by atoms with E-state index in [0.29, 0.717) is 47.9 Å². The molecule has 1 atom stereocenters. The number of aliphatic hydroxyl groups excluding tert-OH is 1. The predicted octanol–water partition coefficient (Wildman–Crippen LogP) is 4.71. The molecule has 0 unspecified atom stereocenters. The number of nitrogens with zero attached hydrogens (tertiary/aromatic N) is 6. The van der Waals surface area contributed by atoms with Crippen molar-refractivity contribution >= 4 is 28.3 Å². The molecule has 3 aliphatic rings. The fraction of sp³-hybridized carbons (Fsp3) is 0.414. The van der Waals surface area contributed by atoms with Gasteiger partial charge in [-0.25, -0.2) is 18.7 Å². The summed E-state index contributed by atoms with van der Waals surface area (Å²) in [4.78, 5) is 29.2.